The number of benzene rings is 1. The molecule has 0 saturated heterocycles. The van der Waals surface area contributed by atoms with Gasteiger partial charge in [-0.25, -0.2) is 4.39 Å². The summed E-state index contributed by atoms with van der Waals surface area (Å²) < 4.78 is 13.7. The van der Waals surface area contributed by atoms with Gasteiger partial charge in [0.15, 0.2) is 0 Å². The number of aliphatic hydroxyl groups is 2. The first-order valence-corrected chi connectivity index (χ1v) is 6.28. The summed E-state index contributed by atoms with van der Waals surface area (Å²) in [6.45, 7) is 1.69. The first kappa shape index (κ1) is 16.2. The second-order valence-corrected chi connectivity index (χ2v) is 4.52. The molecular formula is C15H18FNO3. The number of aliphatic hydroxyl groups excluding tert-OH is 2. The highest BCUT2D eigenvalue weighted by atomic mass is 19.1. The Morgan fingerprint density at radius 3 is 2.75 bits per heavy atom. The molecule has 0 radical (unpaired) electrons. The highest BCUT2D eigenvalue weighted by Gasteiger charge is 2.14. The average molecular weight is 279 g/mol. The number of amides is 1. The molecule has 4 nitrogen and oxygen atoms in total. The zero-order valence-corrected chi connectivity index (χ0v) is 11.6. The topological polar surface area (TPSA) is 60.8 Å². The molecule has 0 aliphatic heterocycles. The van der Waals surface area contributed by atoms with Crippen molar-refractivity contribution < 1.29 is 19.4 Å². The molecule has 0 fully saturated rings. The van der Waals surface area contributed by atoms with Crippen molar-refractivity contribution in [2.24, 2.45) is 0 Å². The number of hydrogen-bond acceptors (Lipinski definition) is 3. The Bertz CT molecular complexity index is 532. The van der Waals surface area contributed by atoms with Gasteiger partial charge in [0.2, 0.25) is 0 Å². The Morgan fingerprint density at radius 2 is 2.20 bits per heavy atom. The van der Waals surface area contributed by atoms with Crippen LogP contribution >= 0.6 is 0 Å². The molecule has 0 spiro atoms. The predicted octanol–water partition coefficient (Wildman–Crippen LogP) is 1.01. The van der Waals surface area contributed by atoms with Crippen molar-refractivity contribution in [2.75, 3.05) is 20.2 Å². The molecule has 0 bridgehead atoms. The Balaban J connectivity index is 2.81. The second kappa shape index (κ2) is 7.63. The number of halogens is 1. The Kier molecular flexibility index (Phi) is 6.16. The van der Waals surface area contributed by atoms with Crippen LogP contribution in [0.2, 0.25) is 0 Å². The van der Waals surface area contributed by atoms with Crippen LogP contribution < -0.4 is 0 Å². The van der Waals surface area contributed by atoms with Gasteiger partial charge in [0.1, 0.15) is 12.4 Å². The molecule has 0 saturated carbocycles. The quantitative estimate of drug-likeness (QED) is 0.809. The first-order chi connectivity index (χ1) is 9.45. The smallest absolute Gasteiger partial charge is 0.253 e. The zero-order valence-electron chi connectivity index (χ0n) is 11.6. The summed E-state index contributed by atoms with van der Waals surface area (Å²) in [4.78, 5) is 13.5. The Morgan fingerprint density at radius 1 is 1.50 bits per heavy atom. The molecule has 1 atom stereocenters. The largest absolute Gasteiger partial charge is 0.393 e. The molecule has 0 heterocycles. The van der Waals surface area contributed by atoms with Crippen molar-refractivity contribution in [1.29, 1.82) is 0 Å². The normalized spacial score (nSPS) is 11.4. The first-order valence-electron chi connectivity index (χ1n) is 6.28. The van der Waals surface area contributed by atoms with Gasteiger partial charge in [-0.2, -0.15) is 0 Å². The van der Waals surface area contributed by atoms with E-state index in [-0.39, 0.29) is 23.6 Å². The van der Waals surface area contributed by atoms with Crippen molar-refractivity contribution in [1.82, 2.24) is 4.90 Å². The van der Waals surface area contributed by atoms with E-state index in [4.69, 9.17) is 5.11 Å². The van der Waals surface area contributed by atoms with Gasteiger partial charge >= 0.3 is 0 Å². The number of rotatable bonds is 4. The van der Waals surface area contributed by atoms with Crippen molar-refractivity contribution in [3.8, 4) is 11.8 Å². The zero-order chi connectivity index (χ0) is 15.1. The maximum atomic E-state index is 13.7. The van der Waals surface area contributed by atoms with Crippen LogP contribution in [0.4, 0.5) is 4.39 Å². The monoisotopic (exact) mass is 279 g/mol. The molecule has 1 aromatic rings. The maximum Gasteiger partial charge on any atom is 0.253 e. The van der Waals surface area contributed by atoms with Gasteiger partial charge < -0.3 is 15.1 Å². The van der Waals surface area contributed by atoms with Crippen molar-refractivity contribution in [3.05, 3.63) is 35.1 Å². The van der Waals surface area contributed by atoms with Crippen LogP contribution in [0.5, 0.6) is 0 Å². The van der Waals surface area contributed by atoms with Crippen LogP contribution in [0.3, 0.4) is 0 Å². The average Bonchev–Trinajstić information content (AvgIpc) is 2.42. The fourth-order valence-corrected chi connectivity index (χ4v) is 1.59. The summed E-state index contributed by atoms with van der Waals surface area (Å²) in [7, 11) is 1.60. The van der Waals surface area contributed by atoms with E-state index in [2.05, 4.69) is 11.8 Å². The number of hydrogen-bond donors (Lipinski definition) is 2. The number of nitrogens with zero attached hydrogens (tertiary/aromatic N) is 1. The highest BCUT2D eigenvalue weighted by molar-refractivity contribution is 5.94. The molecule has 0 aromatic heterocycles. The highest BCUT2D eigenvalue weighted by Crippen LogP contribution is 2.11. The third kappa shape index (κ3) is 4.65. The third-order valence-corrected chi connectivity index (χ3v) is 2.75. The van der Waals surface area contributed by atoms with Gasteiger partial charge in [0, 0.05) is 19.2 Å². The van der Waals surface area contributed by atoms with E-state index in [0.717, 1.165) is 6.07 Å². The van der Waals surface area contributed by atoms with E-state index in [1.165, 1.54) is 17.0 Å². The summed E-state index contributed by atoms with van der Waals surface area (Å²) in [5, 5.41) is 17.7. The predicted molar refractivity (Wildman–Crippen MR) is 73.6 cm³/mol. The van der Waals surface area contributed by atoms with E-state index in [1.807, 2.05) is 0 Å². The standard InChI is InChI=1S/C15H18FNO3/c1-11(19)7-8-17(2)15(20)13-6-5-12(4-3-9-18)14(16)10-13/h5-6,10-11,18-19H,7-9H2,1-2H3. The second-order valence-electron chi connectivity index (χ2n) is 4.52. The molecule has 2 N–H and O–H groups in total. The molecule has 1 unspecified atom stereocenters. The van der Waals surface area contributed by atoms with E-state index >= 15 is 0 Å². The molecule has 0 aliphatic carbocycles. The minimum Gasteiger partial charge on any atom is -0.393 e. The fraction of sp³-hybridized carbons (Fsp3) is 0.400. The lowest BCUT2D eigenvalue weighted by Gasteiger charge is -2.18. The van der Waals surface area contributed by atoms with Crippen molar-refractivity contribution in [3.63, 3.8) is 0 Å². The van der Waals surface area contributed by atoms with Crippen LogP contribution in [0.15, 0.2) is 18.2 Å². The molecule has 108 valence electrons. The van der Waals surface area contributed by atoms with Crippen LogP contribution in [0, 0.1) is 17.7 Å². The van der Waals surface area contributed by atoms with Gasteiger partial charge in [0.05, 0.1) is 11.7 Å². The molecule has 1 aromatic carbocycles. The lowest BCUT2D eigenvalue weighted by molar-refractivity contribution is 0.0768. The van der Waals surface area contributed by atoms with Crippen LogP contribution in [0.1, 0.15) is 29.3 Å². The lowest BCUT2D eigenvalue weighted by Crippen LogP contribution is -2.29. The Hall–Kier alpha value is -1.90. The summed E-state index contributed by atoms with van der Waals surface area (Å²) in [6, 6.07) is 4.03. The van der Waals surface area contributed by atoms with Crippen LogP contribution in [0.25, 0.3) is 0 Å². The summed E-state index contributed by atoms with van der Waals surface area (Å²) in [5.41, 5.74) is 0.368. The van der Waals surface area contributed by atoms with E-state index in [0.29, 0.717) is 13.0 Å². The maximum absolute atomic E-state index is 13.7. The minimum absolute atomic E-state index is 0.141. The van der Waals surface area contributed by atoms with Crippen LogP contribution in [-0.2, 0) is 0 Å². The van der Waals surface area contributed by atoms with Gasteiger partial charge in [-0.05, 0) is 31.5 Å². The molecule has 0 aliphatic rings. The molecule has 5 heteroatoms. The molecule has 1 amide bonds. The van der Waals surface area contributed by atoms with Crippen molar-refractivity contribution >= 4 is 5.91 Å². The van der Waals surface area contributed by atoms with Gasteiger partial charge in [-0.3, -0.25) is 4.79 Å². The van der Waals surface area contributed by atoms with E-state index in [1.54, 1.807) is 14.0 Å². The molecule has 20 heavy (non-hydrogen) atoms. The number of carbonyl (C=O) groups excluding carboxylic acids is 1. The Labute approximate surface area is 117 Å². The number of carbonyl (C=O) groups is 1. The van der Waals surface area contributed by atoms with E-state index < -0.39 is 11.9 Å². The SMILES string of the molecule is CC(O)CCN(C)C(=O)c1ccc(C#CCO)c(F)c1. The fourth-order valence-electron chi connectivity index (χ4n) is 1.59. The van der Waals surface area contributed by atoms with Gasteiger partial charge in [-0.15, -0.1) is 0 Å². The van der Waals surface area contributed by atoms with Crippen molar-refractivity contribution in [2.45, 2.75) is 19.4 Å². The summed E-state index contributed by atoms with van der Waals surface area (Å²) in [5.74, 6) is 3.91. The minimum atomic E-state index is -0.597. The van der Waals surface area contributed by atoms with Gasteiger partial charge in [-0.1, -0.05) is 11.8 Å². The summed E-state index contributed by atoms with van der Waals surface area (Å²) in [6.07, 6.45) is -0.0248. The third-order valence-electron chi connectivity index (χ3n) is 2.75. The molecular weight excluding hydrogens is 261 g/mol. The van der Waals surface area contributed by atoms with Gasteiger partial charge in [0.25, 0.3) is 5.91 Å². The lowest BCUT2D eigenvalue weighted by atomic mass is 10.1. The molecule has 1 rings (SSSR count). The van der Waals surface area contributed by atoms with Crippen LogP contribution in [-0.4, -0.2) is 47.3 Å². The van der Waals surface area contributed by atoms with E-state index in [9.17, 15) is 14.3 Å². The summed E-state index contributed by atoms with van der Waals surface area (Å²) >= 11 is 0.